The number of rotatable bonds is 5. The predicted molar refractivity (Wildman–Crippen MR) is 83.6 cm³/mol. The molecule has 1 saturated carbocycles. The van der Waals surface area contributed by atoms with Gasteiger partial charge in [0, 0.05) is 18.0 Å². The van der Waals surface area contributed by atoms with E-state index < -0.39 is 17.8 Å². The Bertz CT molecular complexity index is 731. The van der Waals surface area contributed by atoms with Gasteiger partial charge >= 0.3 is 5.97 Å². The number of pyridine rings is 1. The second kappa shape index (κ2) is 6.26. The second-order valence-corrected chi connectivity index (χ2v) is 5.65. The number of hydrogen-bond donors (Lipinski definition) is 2. The molecule has 1 heterocycles. The largest absolute Gasteiger partial charge is 0.481 e. The van der Waals surface area contributed by atoms with Crippen molar-refractivity contribution in [2.24, 2.45) is 11.8 Å². The lowest BCUT2D eigenvalue weighted by Gasteiger charge is -2.07. The molecule has 118 valence electrons. The van der Waals surface area contributed by atoms with Crippen molar-refractivity contribution in [3.63, 3.8) is 0 Å². The zero-order chi connectivity index (χ0) is 16.4. The molecule has 0 bridgehead atoms. The Kier molecular flexibility index (Phi) is 4.16. The minimum absolute atomic E-state index is 0.273. The van der Waals surface area contributed by atoms with Crippen molar-refractivity contribution >= 4 is 29.2 Å². The Hall–Kier alpha value is -2.60. The smallest absolute Gasteiger partial charge is 0.307 e. The first-order valence-electron chi connectivity index (χ1n) is 6.96. The van der Waals surface area contributed by atoms with Crippen molar-refractivity contribution in [1.82, 2.24) is 4.98 Å². The molecular weight excluding hydrogens is 320 g/mol. The molecule has 1 aromatic carbocycles. The van der Waals surface area contributed by atoms with Crippen LogP contribution < -0.4 is 10.1 Å². The van der Waals surface area contributed by atoms with Gasteiger partial charge in [0.2, 0.25) is 11.8 Å². The minimum atomic E-state index is -0.927. The number of aromatic nitrogens is 1. The van der Waals surface area contributed by atoms with Gasteiger partial charge in [-0.1, -0.05) is 11.6 Å². The van der Waals surface area contributed by atoms with Gasteiger partial charge in [0.05, 0.1) is 16.9 Å². The van der Waals surface area contributed by atoms with E-state index in [9.17, 15) is 9.59 Å². The van der Waals surface area contributed by atoms with Crippen molar-refractivity contribution in [2.45, 2.75) is 6.42 Å². The number of carbonyl (C=O) groups is 2. The fraction of sp³-hybridized carbons (Fsp3) is 0.188. The molecule has 0 spiro atoms. The number of benzene rings is 1. The van der Waals surface area contributed by atoms with Gasteiger partial charge in [-0.05, 0) is 36.8 Å². The highest BCUT2D eigenvalue weighted by molar-refractivity contribution is 6.30. The van der Waals surface area contributed by atoms with Gasteiger partial charge in [-0.25, -0.2) is 4.98 Å². The van der Waals surface area contributed by atoms with E-state index in [2.05, 4.69) is 10.3 Å². The van der Waals surface area contributed by atoms with Crippen molar-refractivity contribution in [1.29, 1.82) is 0 Å². The van der Waals surface area contributed by atoms with E-state index in [-0.39, 0.29) is 5.91 Å². The normalized spacial score (nSPS) is 19.0. The highest BCUT2D eigenvalue weighted by atomic mass is 35.5. The zero-order valence-electron chi connectivity index (χ0n) is 11.9. The summed E-state index contributed by atoms with van der Waals surface area (Å²) < 4.78 is 5.54. The van der Waals surface area contributed by atoms with E-state index >= 15 is 0 Å². The first-order chi connectivity index (χ1) is 11.0. The Morgan fingerprint density at radius 2 is 1.91 bits per heavy atom. The molecular formula is C16H13ClN2O4. The van der Waals surface area contributed by atoms with Crippen LogP contribution in [0.5, 0.6) is 11.6 Å². The number of anilines is 1. The van der Waals surface area contributed by atoms with Crippen LogP contribution in [0, 0.1) is 11.8 Å². The Morgan fingerprint density at radius 1 is 1.17 bits per heavy atom. The molecule has 2 aromatic rings. The number of halogens is 1. The van der Waals surface area contributed by atoms with Crippen molar-refractivity contribution in [2.75, 3.05) is 5.32 Å². The molecule has 3 rings (SSSR count). The average molecular weight is 333 g/mol. The SMILES string of the molecule is O=C(O)C1CC1C(=O)Nc1ccc(Oc2ccc(Cl)cn2)cc1. The number of aliphatic carboxylic acids is 1. The maximum absolute atomic E-state index is 11.9. The molecule has 1 amide bonds. The lowest BCUT2D eigenvalue weighted by atomic mass is 10.2. The monoisotopic (exact) mass is 332 g/mol. The number of carboxylic acids is 1. The van der Waals surface area contributed by atoms with Gasteiger partial charge in [0.25, 0.3) is 0 Å². The number of hydrogen-bond acceptors (Lipinski definition) is 4. The third-order valence-corrected chi connectivity index (χ3v) is 3.71. The van der Waals surface area contributed by atoms with E-state index in [4.69, 9.17) is 21.4 Å². The maximum atomic E-state index is 11.9. The fourth-order valence-corrected chi connectivity index (χ4v) is 2.25. The fourth-order valence-electron chi connectivity index (χ4n) is 2.14. The van der Waals surface area contributed by atoms with Crippen LogP contribution in [-0.2, 0) is 9.59 Å². The summed E-state index contributed by atoms with van der Waals surface area (Å²) in [5, 5.41) is 12.0. The molecule has 7 heteroatoms. The number of carboxylic acid groups (broad SMARTS) is 1. The van der Waals surface area contributed by atoms with Crippen LogP contribution in [0.4, 0.5) is 5.69 Å². The molecule has 2 atom stereocenters. The second-order valence-electron chi connectivity index (χ2n) is 5.22. The number of amides is 1. The quantitative estimate of drug-likeness (QED) is 0.877. The lowest BCUT2D eigenvalue weighted by molar-refractivity contribution is -0.139. The summed E-state index contributed by atoms with van der Waals surface area (Å²) in [6.45, 7) is 0. The third-order valence-electron chi connectivity index (χ3n) is 3.49. The Balaban J connectivity index is 1.58. The molecule has 23 heavy (non-hydrogen) atoms. The van der Waals surface area contributed by atoms with Crippen LogP contribution in [0.25, 0.3) is 0 Å². The molecule has 1 aromatic heterocycles. The highest BCUT2D eigenvalue weighted by Gasteiger charge is 2.48. The van der Waals surface area contributed by atoms with Crippen molar-refractivity contribution in [3.8, 4) is 11.6 Å². The topological polar surface area (TPSA) is 88.5 Å². The van der Waals surface area contributed by atoms with Crippen molar-refractivity contribution in [3.05, 3.63) is 47.6 Å². The van der Waals surface area contributed by atoms with E-state index in [1.165, 1.54) is 6.20 Å². The molecule has 2 unspecified atom stereocenters. The maximum Gasteiger partial charge on any atom is 0.307 e. The van der Waals surface area contributed by atoms with Gasteiger partial charge < -0.3 is 15.2 Å². The summed E-state index contributed by atoms with van der Waals surface area (Å²) in [6, 6.07) is 10.1. The van der Waals surface area contributed by atoms with Crippen LogP contribution in [-0.4, -0.2) is 22.0 Å². The molecule has 0 saturated heterocycles. The van der Waals surface area contributed by atoms with E-state index in [0.717, 1.165) is 0 Å². The lowest BCUT2D eigenvalue weighted by Crippen LogP contribution is -2.16. The zero-order valence-corrected chi connectivity index (χ0v) is 12.7. The first-order valence-corrected chi connectivity index (χ1v) is 7.34. The highest BCUT2D eigenvalue weighted by Crippen LogP contribution is 2.39. The van der Waals surface area contributed by atoms with Crippen LogP contribution >= 0.6 is 11.6 Å². The number of nitrogens with zero attached hydrogens (tertiary/aromatic N) is 1. The summed E-state index contributed by atoms with van der Waals surface area (Å²) in [7, 11) is 0. The van der Waals surface area contributed by atoms with Gasteiger partial charge in [0.1, 0.15) is 5.75 Å². The van der Waals surface area contributed by atoms with Gasteiger partial charge in [-0.3, -0.25) is 9.59 Å². The minimum Gasteiger partial charge on any atom is -0.481 e. The standard InChI is InChI=1S/C16H13ClN2O4/c17-9-1-6-14(18-8-9)23-11-4-2-10(3-5-11)19-15(20)12-7-13(12)16(21)22/h1-6,8,12-13H,7H2,(H,19,20)(H,21,22). The van der Waals surface area contributed by atoms with Gasteiger partial charge in [0.15, 0.2) is 0 Å². The van der Waals surface area contributed by atoms with Crippen LogP contribution in [0.1, 0.15) is 6.42 Å². The third kappa shape index (κ3) is 3.78. The summed E-state index contributed by atoms with van der Waals surface area (Å²) >= 11 is 5.75. The average Bonchev–Trinajstić information content (AvgIpc) is 3.32. The summed E-state index contributed by atoms with van der Waals surface area (Å²) in [5.41, 5.74) is 0.586. The first kappa shape index (κ1) is 15.3. The predicted octanol–water partition coefficient (Wildman–Crippen LogP) is 3.19. The Morgan fingerprint density at radius 3 is 2.48 bits per heavy atom. The summed E-state index contributed by atoms with van der Waals surface area (Å²) in [4.78, 5) is 26.6. The summed E-state index contributed by atoms with van der Waals surface area (Å²) in [5.74, 6) is -1.23. The van der Waals surface area contributed by atoms with E-state index in [0.29, 0.717) is 28.8 Å². The van der Waals surface area contributed by atoms with Gasteiger partial charge in [-0.15, -0.1) is 0 Å². The van der Waals surface area contributed by atoms with Crippen LogP contribution in [0.15, 0.2) is 42.6 Å². The molecule has 1 aliphatic rings. The molecule has 1 aliphatic carbocycles. The molecule has 0 aliphatic heterocycles. The Labute approximate surface area is 137 Å². The number of nitrogens with one attached hydrogen (secondary N) is 1. The van der Waals surface area contributed by atoms with Crippen LogP contribution in [0.3, 0.4) is 0 Å². The van der Waals surface area contributed by atoms with Crippen molar-refractivity contribution < 1.29 is 19.4 Å². The van der Waals surface area contributed by atoms with Gasteiger partial charge in [-0.2, -0.15) is 0 Å². The molecule has 2 N–H and O–H groups in total. The molecule has 1 fully saturated rings. The number of carbonyl (C=O) groups excluding carboxylic acids is 1. The molecule has 0 radical (unpaired) electrons. The van der Waals surface area contributed by atoms with E-state index in [1.54, 1.807) is 36.4 Å². The summed E-state index contributed by atoms with van der Waals surface area (Å²) in [6.07, 6.45) is 1.88. The van der Waals surface area contributed by atoms with Crippen LogP contribution in [0.2, 0.25) is 5.02 Å². The molecule has 6 nitrogen and oxygen atoms in total. The number of ether oxygens (including phenoxy) is 1. The van der Waals surface area contributed by atoms with E-state index in [1.807, 2.05) is 0 Å².